The number of nitrogens with zero attached hydrogens (tertiary/aromatic N) is 1. The van der Waals surface area contributed by atoms with Crippen molar-refractivity contribution in [3.8, 4) is 0 Å². The number of Topliss-reactive ketones (excluding diaryl/α,β-unsaturated/α-hetero) is 1. The number of imide groups is 1. The molecular weight excluding hydrogens is 660 g/mol. The van der Waals surface area contributed by atoms with Crippen molar-refractivity contribution in [1.29, 1.82) is 0 Å². The number of halogens is 1. The third-order valence-corrected chi connectivity index (χ3v) is 8.67. The summed E-state index contributed by atoms with van der Waals surface area (Å²) in [6.07, 6.45) is 3.88. The van der Waals surface area contributed by atoms with E-state index < -0.39 is 71.3 Å². The van der Waals surface area contributed by atoms with Gasteiger partial charge in [0.25, 0.3) is 11.8 Å². The van der Waals surface area contributed by atoms with Gasteiger partial charge in [-0.2, -0.15) is 0 Å². The van der Waals surface area contributed by atoms with E-state index in [9.17, 15) is 33.5 Å². The molecule has 0 fully saturated rings. The zero-order valence-electron chi connectivity index (χ0n) is 29.7. The number of nitrogens with two attached hydrogens (primary N) is 1. The third kappa shape index (κ3) is 10.1. The van der Waals surface area contributed by atoms with Crippen LogP contribution in [-0.4, -0.2) is 84.7 Å². The van der Waals surface area contributed by atoms with Crippen LogP contribution in [0.1, 0.15) is 50.9 Å². The van der Waals surface area contributed by atoms with Crippen LogP contribution in [0.3, 0.4) is 0 Å². The summed E-state index contributed by atoms with van der Waals surface area (Å²) >= 11 is 0. The maximum absolute atomic E-state index is 14.4. The molecule has 13 heteroatoms. The molecule has 1 aliphatic carbocycles. The lowest BCUT2D eigenvalue weighted by molar-refractivity contribution is -0.126. The lowest BCUT2D eigenvalue weighted by atomic mass is 9.84. The van der Waals surface area contributed by atoms with Crippen LogP contribution in [-0.2, 0) is 28.6 Å². The molecule has 0 saturated heterocycles. The number of carbonyl (C=O) groups excluding carboxylic acids is 5. The summed E-state index contributed by atoms with van der Waals surface area (Å²) in [7, 11) is 2.82. The Balaban J connectivity index is 2.28. The number of allylic oxidation sites excluding steroid dienone is 4. The zero-order chi connectivity index (χ0) is 38.0. The highest BCUT2D eigenvalue weighted by Crippen LogP contribution is 2.31. The van der Waals surface area contributed by atoms with Gasteiger partial charge in [-0.1, -0.05) is 44.2 Å². The van der Waals surface area contributed by atoms with Crippen LogP contribution >= 0.6 is 0 Å². The number of aliphatic hydroxyl groups is 1. The molecule has 0 aromatic heterocycles. The number of ether oxygens (including phenoxy) is 3. The van der Waals surface area contributed by atoms with Crippen LogP contribution in [0.25, 0.3) is 0 Å². The smallest absolute Gasteiger partial charge is 0.405 e. The Kier molecular flexibility index (Phi) is 14.5. The van der Waals surface area contributed by atoms with E-state index in [4.69, 9.17) is 19.9 Å². The second-order valence-electron chi connectivity index (χ2n) is 12.6. The fraction of sp³-hybridized carbons (Fsp3) is 0.395. The maximum atomic E-state index is 14.4. The molecule has 3 rings (SSSR count). The number of fused-ring (bicyclic) bond motifs is 2. The number of ketones is 2. The minimum absolute atomic E-state index is 0.00555. The topological polar surface area (TPSA) is 175 Å². The number of benzene rings is 1. The highest BCUT2D eigenvalue weighted by atomic mass is 18.2. The molecule has 1 aromatic rings. The molecular formula is C38H46FN3O9. The monoisotopic (exact) mass is 706 g/mol. The van der Waals surface area contributed by atoms with Crippen LogP contribution < -0.4 is 11.1 Å². The molecule has 51 heavy (non-hydrogen) atoms. The predicted molar refractivity (Wildman–Crippen MR) is 187 cm³/mol. The Bertz CT molecular complexity index is 1670. The van der Waals surface area contributed by atoms with Crippen molar-refractivity contribution in [2.75, 3.05) is 20.8 Å². The van der Waals surface area contributed by atoms with E-state index in [1.807, 2.05) is 6.92 Å². The summed E-state index contributed by atoms with van der Waals surface area (Å²) < 4.78 is 30.5. The van der Waals surface area contributed by atoms with Gasteiger partial charge >= 0.3 is 6.09 Å². The van der Waals surface area contributed by atoms with Crippen molar-refractivity contribution < 1.29 is 47.7 Å². The van der Waals surface area contributed by atoms with Crippen LogP contribution in [0.15, 0.2) is 95.4 Å². The van der Waals surface area contributed by atoms with Gasteiger partial charge in [-0.3, -0.25) is 19.2 Å². The molecule has 12 nitrogen and oxygen atoms in total. The number of hydrogen-bond acceptors (Lipinski definition) is 10. The SMILES string of the molecule is C=CCNC1=C2C[C@@H](C)C[C@H](OC)[C@H](O)[C@@H](C)/C=C(\C)[C@H](OC(N)=O)[C@@H](OC)/C=C\C=C(/C)C(=O)N(C(=O)c3ccc([18F])cc3)C(=CC1=O)C2=O. The highest BCUT2D eigenvalue weighted by Gasteiger charge is 2.39. The quantitative estimate of drug-likeness (QED) is 0.212. The van der Waals surface area contributed by atoms with E-state index in [-0.39, 0.29) is 47.7 Å². The van der Waals surface area contributed by atoms with Crippen molar-refractivity contribution in [2.45, 2.75) is 65.0 Å². The molecule has 0 unspecified atom stereocenters. The molecule has 1 aromatic carbocycles. The Morgan fingerprint density at radius 1 is 1.12 bits per heavy atom. The summed E-state index contributed by atoms with van der Waals surface area (Å²) in [5.41, 5.74) is 5.30. The molecule has 1 heterocycles. The van der Waals surface area contributed by atoms with Gasteiger partial charge in [0.05, 0.1) is 17.9 Å². The number of primary amides is 1. The summed E-state index contributed by atoms with van der Waals surface area (Å²) in [5, 5.41) is 14.3. The summed E-state index contributed by atoms with van der Waals surface area (Å²) in [4.78, 5) is 68.6. The van der Waals surface area contributed by atoms with Crippen LogP contribution in [0.2, 0.25) is 0 Å². The van der Waals surface area contributed by atoms with E-state index in [2.05, 4.69) is 11.9 Å². The first-order valence-corrected chi connectivity index (χ1v) is 16.4. The van der Waals surface area contributed by atoms with Gasteiger partial charge in [0.1, 0.15) is 17.6 Å². The maximum Gasteiger partial charge on any atom is 0.405 e. The predicted octanol–water partition coefficient (Wildman–Crippen LogP) is 4.23. The van der Waals surface area contributed by atoms with Gasteiger partial charge < -0.3 is 30.4 Å². The summed E-state index contributed by atoms with van der Waals surface area (Å²) in [6.45, 7) is 10.5. The van der Waals surface area contributed by atoms with Gasteiger partial charge in [-0.15, -0.1) is 6.58 Å². The van der Waals surface area contributed by atoms with Crippen molar-refractivity contribution in [3.05, 3.63) is 107 Å². The zero-order valence-corrected chi connectivity index (χ0v) is 29.7. The van der Waals surface area contributed by atoms with E-state index in [0.29, 0.717) is 10.5 Å². The Morgan fingerprint density at radius 3 is 2.37 bits per heavy atom. The second kappa shape index (κ2) is 18.3. The molecule has 0 spiro atoms. The van der Waals surface area contributed by atoms with E-state index in [1.54, 1.807) is 19.9 Å². The molecule has 0 radical (unpaired) electrons. The summed E-state index contributed by atoms with van der Waals surface area (Å²) in [6, 6.07) is 4.40. The van der Waals surface area contributed by atoms with Crippen molar-refractivity contribution in [1.82, 2.24) is 10.2 Å². The lowest BCUT2D eigenvalue weighted by Crippen LogP contribution is -2.43. The fourth-order valence-electron chi connectivity index (χ4n) is 5.99. The van der Waals surface area contributed by atoms with E-state index in [1.165, 1.54) is 57.6 Å². The fourth-order valence-corrected chi connectivity index (χ4v) is 5.99. The van der Waals surface area contributed by atoms with Crippen molar-refractivity contribution >= 4 is 29.5 Å². The van der Waals surface area contributed by atoms with Crippen molar-refractivity contribution in [2.24, 2.45) is 17.6 Å². The number of amides is 3. The Morgan fingerprint density at radius 2 is 1.78 bits per heavy atom. The highest BCUT2D eigenvalue weighted by molar-refractivity contribution is 6.26. The molecule has 6 atom stereocenters. The number of rotatable bonds is 7. The van der Waals surface area contributed by atoms with Crippen LogP contribution in [0.5, 0.6) is 0 Å². The second-order valence-corrected chi connectivity index (χ2v) is 12.6. The first-order chi connectivity index (χ1) is 24.1. The standard InChI is InChI=1S/C38H46FN3O9/c1-8-16-41-32-27-17-21(2)18-31(50-7)33(44)23(4)19-24(5)35(51-38(40)48)30(49-6)11-9-10-22(3)36(46)42(28(34(27)45)20-29(32)43)37(47)25-12-14-26(39)15-13-25/h8-15,19-21,23,30-31,33,35,41,44H,1,16-18H2,2-7H3,(H2,40,48)/b11-9-,22-10+,24-19+/t21-,23+,30+,31+,33-,35+/m1/s1/i39-1. The normalized spacial score (nSPS) is 28.2. The number of methoxy groups -OCH3 is 2. The minimum atomic E-state index is -1.06. The molecule has 2 bridgehead atoms. The van der Waals surface area contributed by atoms with Crippen molar-refractivity contribution in [3.63, 3.8) is 0 Å². The lowest BCUT2D eigenvalue weighted by Gasteiger charge is -2.30. The molecule has 2 aliphatic rings. The van der Waals surface area contributed by atoms with Crippen LogP contribution in [0, 0.1) is 17.7 Å². The Labute approximate surface area is 297 Å². The number of hydrogen-bond donors (Lipinski definition) is 3. The molecule has 0 saturated carbocycles. The average Bonchev–Trinajstić information content (AvgIpc) is 3.09. The van der Waals surface area contributed by atoms with Crippen LogP contribution in [0.4, 0.5) is 9.18 Å². The van der Waals surface area contributed by atoms with Gasteiger partial charge in [-0.25, -0.2) is 14.1 Å². The molecule has 1 aliphatic heterocycles. The first kappa shape index (κ1) is 40.4. The van der Waals surface area contributed by atoms with E-state index in [0.717, 1.165) is 18.2 Å². The molecule has 4 N–H and O–H groups in total. The van der Waals surface area contributed by atoms with Gasteiger partial charge in [0, 0.05) is 49.5 Å². The Hall–Kier alpha value is -4.98. The first-order valence-electron chi connectivity index (χ1n) is 16.4. The van der Waals surface area contributed by atoms with Gasteiger partial charge in [-0.05, 0) is 62.4 Å². The largest absolute Gasteiger partial charge is 0.439 e. The molecule has 3 amide bonds. The van der Waals surface area contributed by atoms with Gasteiger partial charge in [0.15, 0.2) is 6.10 Å². The molecule has 274 valence electrons. The number of carbonyl (C=O) groups is 5. The average molecular weight is 707 g/mol. The number of aliphatic hydroxyl groups excluding tert-OH is 1. The third-order valence-electron chi connectivity index (χ3n) is 8.67. The van der Waals surface area contributed by atoms with E-state index >= 15 is 0 Å². The number of nitrogens with one attached hydrogen (secondary N) is 1. The minimum Gasteiger partial charge on any atom is -0.439 e. The summed E-state index contributed by atoms with van der Waals surface area (Å²) in [5.74, 6) is -4.81. The van der Waals surface area contributed by atoms with Gasteiger partial charge in [0.2, 0.25) is 11.6 Å².